The van der Waals surface area contributed by atoms with Crippen molar-refractivity contribution in [2.45, 2.75) is 12.8 Å². The number of hydrogen-bond acceptors (Lipinski definition) is 2. The summed E-state index contributed by atoms with van der Waals surface area (Å²) in [6.07, 6.45) is 1.98. The molecule has 3 heteroatoms. The Kier molecular flexibility index (Phi) is 4.10. The minimum Gasteiger partial charge on any atom is -0.228 e. The van der Waals surface area contributed by atoms with E-state index >= 15 is 0 Å². The van der Waals surface area contributed by atoms with Crippen LogP contribution < -0.4 is 0 Å². The average Bonchev–Trinajstić information content (AvgIpc) is 2.74. The van der Waals surface area contributed by atoms with Gasteiger partial charge in [0, 0.05) is 26.7 Å². The lowest BCUT2D eigenvalue weighted by atomic mass is 9.86. The molecular weight excluding hydrogens is 396 g/mol. The smallest absolute Gasteiger partial charge is 0.160 e. The highest BCUT2D eigenvalue weighted by Gasteiger charge is 2.23. The monoisotopic (exact) mass is 412 g/mol. The molecule has 1 aromatic heterocycles. The van der Waals surface area contributed by atoms with Crippen LogP contribution in [0, 0.1) is 0 Å². The van der Waals surface area contributed by atoms with Crippen LogP contribution in [-0.2, 0) is 12.8 Å². The molecular formula is C24H17BrN2. The number of nitrogens with zero attached hydrogens (tertiary/aromatic N) is 2. The van der Waals surface area contributed by atoms with Crippen LogP contribution in [0.15, 0.2) is 83.3 Å². The Morgan fingerprint density at radius 2 is 1.33 bits per heavy atom. The van der Waals surface area contributed by atoms with Gasteiger partial charge in [-0.25, -0.2) is 9.97 Å². The van der Waals surface area contributed by atoms with Crippen molar-refractivity contribution in [2.75, 3.05) is 0 Å². The van der Waals surface area contributed by atoms with E-state index in [0.29, 0.717) is 0 Å². The van der Waals surface area contributed by atoms with Crippen molar-refractivity contribution in [3.8, 4) is 33.9 Å². The molecule has 2 nitrogen and oxygen atoms in total. The molecule has 0 saturated carbocycles. The molecule has 1 aliphatic rings. The summed E-state index contributed by atoms with van der Waals surface area (Å²) in [5.74, 6) is 0.779. The Hall–Kier alpha value is -2.78. The van der Waals surface area contributed by atoms with Gasteiger partial charge in [-0.3, -0.25) is 0 Å². The van der Waals surface area contributed by atoms with Crippen molar-refractivity contribution in [1.82, 2.24) is 9.97 Å². The first kappa shape index (κ1) is 16.4. The zero-order valence-electron chi connectivity index (χ0n) is 14.7. The number of aromatic nitrogens is 2. The van der Waals surface area contributed by atoms with Crippen LogP contribution >= 0.6 is 15.9 Å². The maximum atomic E-state index is 5.02. The first-order valence-electron chi connectivity index (χ1n) is 9.10. The SMILES string of the molecule is Brc1ccc2c(c1)-c1nc(-c3ccccc3)nc(-c3ccccc3)c1CC2. The summed E-state index contributed by atoms with van der Waals surface area (Å²) < 4.78 is 1.08. The normalized spacial score (nSPS) is 12.3. The highest BCUT2D eigenvalue weighted by Crippen LogP contribution is 2.39. The van der Waals surface area contributed by atoms with E-state index in [-0.39, 0.29) is 0 Å². The van der Waals surface area contributed by atoms with Crippen LogP contribution in [0.2, 0.25) is 0 Å². The predicted molar refractivity (Wildman–Crippen MR) is 113 cm³/mol. The van der Waals surface area contributed by atoms with Gasteiger partial charge in [-0.05, 0) is 30.5 Å². The van der Waals surface area contributed by atoms with E-state index in [1.54, 1.807) is 0 Å². The summed E-state index contributed by atoms with van der Waals surface area (Å²) >= 11 is 3.63. The fraction of sp³-hybridized carbons (Fsp3) is 0.0833. The first-order chi connectivity index (χ1) is 13.3. The third kappa shape index (κ3) is 2.98. The topological polar surface area (TPSA) is 25.8 Å². The molecule has 0 bridgehead atoms. The molecule has 0 atom stereocenters. The molecule has 0 amide bonds. The van der Waals surface area contributed by atoms with E-state index in [4.69, 9.17) is 9.97 Å². The van der Waals surface area contributed by atoms with Crippen molar-refractivity contribution in [3.63, 3.8) is 0 Å². The molecule has 3 aromatic carbocycles. The second-order valence-corrected chi connectivity index (χ2v) is 7.67. The molecule has 27 heavy (non-hydrogen) atoms. The first-order valence-corrected chi connectivity index (χ1v) is 9.89. The molecule has 0 aliphatic heterocycles. The average molecular weight is 413 g/mol. The largest absolute Gasteiger partial charge is 0.228 e. The highest BCUT2D eigenvalue weighted by molar-refractivity contribution is 9.10. The second-order valence-electron chi connectivity index (χ2n) is 6.76. The van der Waals surface area contributed by atoms with Gasteiger partial charge in [-0.2, -0.15) is 0 Å². The van der Waals surface area contributed by atoms with Gasteiger partial charge in [-0.1, -0.05) is 82.7 Å². The summed E-state index contributed by atoms with van der Waals surface area (Å²) in [6, 6.07) is 27.2. The highest BCUT2D eigenvalue weighted by atomic mass is 79.9. The predicted octanol–water partition coefficient (Wildman–Crippen LogP) is 6.34. The van der Waals surface area contributed by atoms with Crippen molar-refractivity contribution >= 4 is 15.9 Å². The zero-order chi connectivity index (χ0) is 18.2. The molecule has 0 N–H and O–H groups in total. The third-order valence-corrected chi connectivity index (χ3v) is 5.55. The molecule has 1 aliphatic carbocycles. The van der Waals surface area contributed by atoms with E-state index in [1.165, 1.54) is 16.7 Å². The van der Waals surface area contributed by atoms with Gasteiger partial charge >= 0.3 is 0 Å². The van der Waals surface area contributed by atoms with Crippen molar-refractivity contribution < 1.29 is 0 Å². The molecule has 0 unspecified atom stereocenters. The summed E-state index contributed by atoms with van der Waals surface area (Å²) in [7, 11) is 0. The summed E-state index contributed by atoms with van der Waals surface area (Å²) in [5, 5.41) is 0. The Labute approximate surface area is 167 Å². The quantitative estimate of drug-likeness (QED) is 0.383. The fourth-order valence-corrected chi connectivity index (χ4v) is 4.10. The lowest BCUT2D eigenvalue weighted by molar-refractivity contribution is 0.915. The molecule has 0 radical (unpaired) electrons. The fourth-order valence-electron chi connectivity index (χ4n) is 3.74. The molecule has 130 valence electrons. The summed E-state index contributed by atoms with van der Waals surface area (Å²) in [4.78, 5) is 10.0. The molecule has 0 fully saturated rings. The van der Waals surface area contributed by atoms with E-state index in [9.17, 15) is 0 Å². The van der Waals surface area contributed by atoms with Crippen LogP contribution in [0.3, 0.4) is 0 Å². The number of halogens is 1. The number of hydrogen-bond donors (Lipinski definition) is 0. The van der Waals surface area contributed by atoms with Gasteiger partial charge in [0.15, 0.2) is 5.82 Å². The third-order valence-electron chi connectivity index (χ3n) is 5.06. The van der Waals surface area contributed by atoms with Gasteiger partial charge in [0.1, 0.15) is 0 Å². The maximum Gasteiger partial charge on any atom is 0.160 e. The van der Waals surface area contributed by atoms with Gasteiger partial charge in [0.25, 0.3) is 0 Å². The van der Waals surface area contributed by atoms with Crippen molar-refractivity contribution in [1.29, 1.82) is 0 Å². The number of benzene rings is 3. The van der Waals surface area contributed by atoms with Gasteiger partial charge in [0.05, 0.1) is 11.4 Å². The zero-order valence-corrected chi connectivity index (χ0v) is 16.3. The van der Waals surface area contributed by atoms with Crippen molar-refractivity contribution in [2.24, 2.45) is 0 Å². The Balaban J connectivity index is 1.81. The standard InChI is InChI=1S/C24H17BrN2/c25-19-13-11-16-12-14-20-22(17-7-3-1-4-8-17)26-24(18-9-5-2-6-10-18)27-23(20)21(16)15-19/h1-11,13,15H,12,14H2. The van der Waals surface area contributed by atoms with Crippen LogP contribution in [0.1, 0.15) is 11.1 Å². The molecule has 0 spiro atoms. The van der Waals surface area contributed by atoms with E-state index < -0.39 is 0 Å². The van der Waals surface area contributed by atoms with Crippen LogP contribution in [-0.4, -0.2) is 9.97 Å². The second kappa shape index (κ2) is 6.75. The lowest BCUT2D eigenvalue weighted by Crippen LogP contribution is -2.10. The molecule has 5 rings (SSSR count). The molecule has 4 aromatic rings. The number of rotatable bonds is 2. The number of aryl methyl sites for hydroxylation is 1. The van der Waals surface area contributed by atoms with Gasteiger partial charge in [-0.15, -0.1) is 0 Å². The summed E-state index contributed by atoms with van der Waals surface area (Å²) in [5.41, 5.74) is 8.10. The minimum absolute atomic E-state index is 0.779. The van der Waals surface area contributed by atoms with Gasteiger partial charge in [0.2, 0.25) is 0 Å². The van der Waals surface area contributed by atoms with E-state index in [2.05, 4.69) is 70.5 Å². The van der Waals surface area contributed by atoms with E-state index in [1.807, 2.05) is 24.3 Å². The molecule has 0 saturated heterocycles. The molecule has 1 heterocycles. The minimum atomic E-state index is 0.779. The number of fused-ring (bicyclic) bond motifs is 3. The Bertz CT molecular complexity index is 1120. The lowest BCUT2D eigenvalue weighted by Gasteiger charge is -2.22. The Morgan fingerprint density at radius 1 is 0.667 bits per heavy atom. The van der Waals surface area contributed by atoms with Crippen LogP contribution in [0.5, 0.6) is 0 Å². The van der Waals surface area contributed by atoms with Crippen LogP contribution in [0.4, 0.5) is 0 Å². The summed E-state index contributed by atoms with van der Waals surface area (Å²) in [6.45, 7) is 0. The van der Waals surface area contributed by atoms with Gasteiger partial charge < -0.3 is 0 Å². The van der Waals surface area contributed by atoms with Crippen LogP contribution in [0.25, 0.3) is 33.9 Å². The Morgan fingerprint density at radius 3 is 2.07 bits per heavy atom. The van der Waals surface area contributed by atoms with Crippen molar-refractivity contribution in [3.05, 3.63) is 94.5 Å². The maximum absolute atomic E-state index is 5.02. The van der Waals surface area contributed by atoms with E-state index in [0.717, 1.165) is 45.7 Å².